The standard InChI is InChI=1S/C15H24N2O3/c1-5-6-7-17(2)11-15(18)16-12-8-13(19-3)10-14(9-12)20-4/h8-10H,5-7,11H2,1-4H3,(H,16,18). The topological polar surface area (TPSA) is 50.8 Å². The van der Waals surface area contributed by atoms with Crippen molar-refractivity contribution in [3.63, 3.8) is 0 Å². The summed E-state index contributed by atoms with van der Waals surface area (Å²) in [5.41, 5.74) is 0.676. The van der Waals surface area contributed by atoms with E-state index in [-0.39, 0.29) is 5.91 Å². The molecule has 0 saturated carbocycles. The molecule has 0 atom stereocenters. The summed E-state index contributed by atoms with van der Waals surface area (Å²) in [7, 11) is 5.11. The molecule has 0 unspecified atom stereocenters. The van der Waals surface area contributed by atoms with E-state index in [0.29, 0.717) is 23.7 Å². The van der Waals surface area contributed by atoms with Crippen LogP contribution < -0.4 is 14.8 Å². The molecule has 0 aliphatic rings. The van der Waals surface area contributed by atoms with E-state index >= 15 is 0 Å². The zero-order chi connectivity index (χ0) is 15.0. The maximum atomic E-state index is 12.0. The van der Waals surface area contributed by atoms with Crippen LogP contribution in [0.4, 0.5) is 5.69 Å². The third kappa shape index (κ3) is 5.48. The van der Waals surface area contributed by atoms with E-state index in [1.54, 1.807) is 32.4 Å². The Morgan fingerprint density at radius 1 is 1.20 bits per heavy atom. The highest BCUT2D eigenvalue weighted by atomic mass is 16.5. The van der Waals surface area contributed by atoms with Crippen molar-refractivity contribution in [1.29, 1.82) is 0 Å². The highest BCUT2D eigenvalue weighted by molar-refractivity contribution is 5.92. The average Bonchev–Trinajstić information content (AvgIpc) is 2.44. The molecule has 0 spiro atoms. The normalized spacial score (nSPS) is 10.4. The van der Waals surface area contributed by atoms with Gasteiger partial charge in [-0.3, -0.25) is 9.69 Å². The van der Waals surface area contributed by atoms with E-state index in [0.717, 1.165) is 19.4 Å². The summed E-state index contributed by atoms with van der Waals surface area (Å²) < 4.78 is 10.3. The lowest BCUT2D eigenvalue weighted by Gasteiger charge is -2.16. The number of unbranched alkanes of at least 4 members (excludes halogenated alkanes) is 1. The quantitative estimate of drug-likeness (QED) is 0.794. The SMILES string of the molecule is CCCCN(C)CC(=O)Nc1cc(OC)cc(OC)c1. The fourth-order valence-electron chi connectivity index (χ4n) is 1.83. The highest BCUT2D eigenvalue weighted by Crippen LogP contribution is 2.25. The summed E-state index contributed by atoms with van der Waals surface area (Å²) in [4.78, 5) is 14.0. The lowest BCUT2D eigenvalue weighted by molar-refractivity contribution is -0.117. The van der Waals surface area contributed by atoms with Crippen molar-refractivity contribution in [2.45, 2.75) is 19.8 Å². The van der Waals surface area contributed by atoms with Crippen molar-refractivity contribution in [3.05, 3.63) is 18.2 Å². The number of benzene rings is 1. The van der Waals surface area contributed by atoms with Gasteiger partial charge in [0.15, 0.2) is 0 Å². The first kappa shape index (κ1) is 16.3. The van der Waals surface area contributed by atoms with Gasteiger partial charge in [-0.05, 0) is 20.0 Å². The summed E-state index contributed by atoms with van der Waals surface area (Å²) >= 11 is 0. The Hall–Kier alpha value is -1.75. The Morgan fingerprint density at radius 2 is 1.80 bits per heavy atom. The van der Waals surface area contributed by atoms with Gasteiger partial charge in [0.1, 0.15) is 11.5 Å². The first-order chi connectivity index (χ1) is 9.58. The summed E-state index contributed by atoms with van der Waals surface area (Å²) in [5, 5.41) is 2.86. The van der Waals surface area contributed by atoms with Crippen molar-refractivity contribution < 1.29 is 14.3 Å². The van der Waals surface area contributed by atoms with Crippen molar-refractivity contribution in [1.82, 2.24) is 4.90 Å². The Labute approximate surface area is 120 Å². The zero-order valence-electron chi connectivity index (χ0n) is 12.7. The molecule has 0 aromatic heterocycles. The smallest absolute Gasteiger partial charge is 0.238 e. The van der Waals surface area contributed by atoms with Crippen LogP contribution in [-0.2, 0) is 4.79 Å². The molecule has 1 N–H and O–H groups in total. The summed E-state index contributed by atoms with van der Waals surface area (Å²) in [5.74, 6) is 1.26. The number of hydrogen-bond acceptors (Lipinski definition) is 4. The minimum atomic E-state index is -0.0427. The minimum absolute atomic E-state index is 0.0427. The molecule has 0 heterocycles. The van der Waals surface area contributed by atoms with E-state index in [1.807, 2.05) is 11.9 Å². The number of carbonyl (C=O) groups excluding carboxylic acids is 1. The first-order valence-electron chi connectivity index (χ1n) is 6.80. The summed E-state index contributed by atoms with van der Waals surface area (Å²) in [6.07, 6.45) is 2.22. The lowest BCUT2D eigenvalue weighted by Crippen LogP contribution is -2.30. The van der Waals surface area contributed by atoms with Gasteiger partial charge in [-0.2, -0.15) is 0 Å². The fourth-order valence-corrected chi connectivity index (χ4v) is 1.83. The van der Waals surface area contributed by atoms with E-state index in [1.165, 1.54) is 0 Å². The third-order valence-corrected chi connectivity index (χ3v) is 2.94. The number of anilines is 1. The number of rotatable bonds is 8. The molecule has 20 heavy (non-hydrogen) atoms. The van der Waals surface area contributed by atoms with Crippen LogP contribution in [0.5, 0.6) is 11.5 Å². The number of hydrogen-bond donors (Lipinski definition) is 1. The molecular formula is C15H24N2O3. The molecule has 1 rings (SSSR count). The Kier molecular flexibility index (Phi) is 6.87. The molecule has 0 radical (unpaired) electrons. The molecule has 0 aliphatic heterocycles. The van der Waals surface area contributed by atoms with Crippen LogP contribution in [0.15, 0.2) is 18.2 Å². The molecule has 0 aliphatic carbocycles. The van der Waals surface area contributed by atoms with Gasteiger partial charge in [0.05, 0.1) is 20.8 Å². The lowest BCUT2D eigenvalue weighted by atomic mass is 10.2. The second kappa shape index (κ2) is 8.43. The van der Waals surface area contributed by atoms with Crippen LogP contribution in [0.25, 0.3) is 0 Å². The highest BCUT2D eigenvalue weighted by Gasteiger charge is 2.08. The van der Waals surface area contributed by atoms with Gasteiger partial charge >= 0.3 is 0 Å². The molecule has 1 aromatic carbocycles. The van der Waals surface area contributed by atoms with Crippen LogP contribution >= 0.6 is 0 Å². The number of nitrogens with one attached hydrogen (secondary N) is 1. The Bertz CT molecular complexity index is 413. The van der Waals surface area contributed by atoms with Crippen molar-refractivity contribution >= 4 is 11.6 Å². The van der Waals surface area contributed by atoms with Crippen LogP contribution in [0.3, 0.4) is 0 Å². The molecule has 1 aromatic rings. The van der Waals surface area contributed by atoms with Crippen LogP contribution in [-0.4, -0.2) is 45.2 Å². The summed E-state index contributed by atoms with van der Waals surface area (Å²) in [6, 6.07) is 5.31. The molecular weight excluding hydrogens is 256 g/mol. The number of ether oxygens (including phenoxy) is 2. The van der Waals surface area contributed by atoms with E-state index in [4.69, 9.17) is 9.47 Å². The average molecular weight is 280 g/mol. The fraction of sp³-hybridized carbons (Fsp3) is 0.533. The summed E-state index contributed by atoms with van der Waals surface area (Å²) in [6.45, 7) is 3.43. The number of carbonyl (C=O) groups is 1. The van der Waals surface area contributed by atoms with Gasteiger partial charge in [-0.1, -0.05) is 13.3 Å². The molecule has 0 bridgehead atoms. The Morgan fingerprint density at radius 3 is 2.30 bits per heavy atom. The molecule has 0 fully saturated rings. The van der Waals surface area contributed by atoms with Gasteiger partial charge in [0, 0.05) is 23.9 Å². The molecule has 112 valence electrons. The van der Waals surface area contributed by atoms with Crippen molar-refractivity contribution in [2.75, 3.05) is 39.7 Å². The zero-order valence-corrected chi connectivity index (χ0v) is 12.7. The predicted octanol–water partition coefficient (Wildman–Crippen LogP) is 2.37. The first-order valence-corrected chi connectivity index (χ1v) is 6.80. The second-order valence-electron chi connectivity index (χ2n) is 4.74. The van der Waals surface area contributed by atoms with Crippen molar-refractivity contribution in [3.8, 4) is 11.5 Å². The second-order valence-corrected chi connectivity index (χ2v) is 4.74. The number of amides is 1. The number of methoxy groups -OCH3 is 2. The molecule has 5 nitrogen and oxygen atoms in total. The van der Waals surface area contributed by atoms with Gasteiger partial charge in [0.2, 0.25) is 5.91 Å². The van der Waals surface area contributed by atoms with Gasteiger partial charge in [0.25, 0.3) is 0 Å². The third-order valence-electron chi connectivity index (χ3n) is 2.94. The van der Waals surface area contributed by atoms with E-state index in [9.17, 15) is 4.79 Å². The number of likely N-dealkylation sites (N-methyl/N-ethyl adjacent to an activating group) is 1. The molecule has 0 saturated heterocycles. The van der Waals surface area contributed by atoms with Gasteiger partial charge < -0.3 is 14.8 Å². The monoisotopic (exact) mass is 280 g/mol. The maximum Gasteiger partial charge on any atom is 0.238 e. The van der Waals surface area contributed by atoms with Gasteiger partial charge in [-0.25, -0.2) is 0 Å². The van der Waals surface area contributed by atoms with Crippen LogP contribution in [0.1, 0.15) is 19.8 Å². The van der Waals surface area contributed by atoms with Crippen molar-refractivity contribution in [2.24, 2.45) is 0 Å². The minimum Gasteiger partial charge on any atom is -0.497 e. The van der Waals surface area contributed by atoms with Crippen LogP contribution in [0, 0.1) is 0 Å². The van der Waals surface area contributed by atoms with E-state index < -0.39 is 0 Å². The van der Waals surface area contributed by atoms with E-state index in [2.05, 4.69) is 12.2 Å². The van der Waals surface area contributed by atoms with Gasteiger partial charge in [-0.15, -0.1) is 0 Å². The Balaban J connectivity index is 2.60. The van der Waals surface area contributed by atoms with Crippen LogP contribution in [0.2, 0.25) is 0 Å². The molecule has 5 heteroatoms. The predicted molar refractivity (Wildman–Crippen MR) is 80.6 cm³/mol. The maximum absolute atomic E-state index is 12.0. The number of nitrogens with zero attached hydrogens (tertiary/aromatic N) is 1. The largest absolute Gasteiger partial charge is 0.497 e. The molecule has 1 amide bonds.